The fraction of sp³-hybridized carbons (Fsp3) is 0.350. The summed E-state index contributed by atoms with van der Waals surface area (Å²) in [6.45, 7) is 4.66. The zero-order valence-electron chi connectivity index (χ0n) is 15.6. The Morgan fingerprint density at radius 3 is 2.38 bits per heavy atom. The van der Waals surface area contributed by atoms with E-state index in [0.29, 0.717) is 29.5 Å². The Balaban J connectivity index is 1.74. The second kappa shape index (κ2) is 9.97. The summed E-state index contributed by atoms with van der Waals surface area (Å²) in [5, 5.41) is 2.86. The van der Waals surface area contributed by atoms with E-state index in [9.17, 15) is 4.79 Å². The highest BCUT2D eigenvalue weighted by Gasteiger charge is 2.09. The van der Waals surface area contributed by atoms with Crippen molar-refractivity contribution in [1.29, 1.82) is 0 Å². The van der Waals surface area contributed by atoms with E-state index in [1.165, 1.54) is 22.9 Å². The fourth-order valence-corrected chi connectivity index (χ4v) is 3.09. The Labute approximate surface area is 159 Å². The predicted molar refractivity (Wildman–Crippen MR) is 107 cm³/mol. The fourth-order valence-electron chi connectivity index (χ4n) is 2.49. The Hall–Kier alpha value is -2.34. The van der Waals surface area contributed by atoms with E-state index < -0.39 is 0 Å². The maximum atomic E-state index is 12.1. The molecule has 140 valence electrons. The van der Waals surface area contributed by atoms with Gasteiger partial charge in [0.25, 0.3) is 0 Å². The van der Waals surface area contributed by atoms with Crippen LogP contribution in [0, 0.1) is 13.8 Å². The van der Waals surface area contributed by atoms with Gasteiger partial charge in [-0.3, -0.25) is 4.79 Å². The van der Waals surface area contributed by atoms with Gasteiger partial charge in [-0.25, -0.2) is 0 Å². The number of aryl methyl sites for hydroxylation is 2. The van der Waals surface area contributed by atoms with Crippen molar-refractivity contribution in [1.82, 2.24) is 0 Å². The van der Waals surface area contributed by atoms with Crippen molar-refractivity contribution in [3.05, 3.63) is 47.5 Å². The Morgan fingerprint density at radius 2 is 1.73 bits per heavy atom. The lowest BCUT2D eigenvalue weighted by Crippen LogP contribution is -2.15. The lowest BCUT2D eigenvalue weighted by atomic mass is 10.1. The number of anilines is 1. The first-order valence-electron chi connectivity index (χ1n) is 8.32. The van der Waals surface area contributed by atoms with Gasteiger partial charge in [-0.05, 0) is 49.2 Å². The van der Waals surface area contributed by atoms with Crippen LogP contribution >= 0.6 is 11.8 Å². The highest BCUT2D eigenvalue weighted by molar-refractivity contribution is 7.99. The van der Waals surface area contributed by atoms with Crippen LogP contribution in [-0.4, -0.2) is 38.2 Å². The van der Waals surface area contributed by atoms with Crippen LogP contribution in [0.1, 0.15) is 11.1 Å². The molecule has 26 heavy (non-hydrogen) atoms. The average Bonchev–Trinajstić information content (AvgIpc) is 2.61. The van der Waals surface area contributed by atoms with Gasteiger partial charge in [-0.15, -0.1) is 11.8 Å². The number of amides is 1. The second-order valence-electron chi connectivity index (χ2n) is 5.84. The van der Waals surface area contributed by atoms with Crippen molar-refractivity contribution in [3.8, 4) is 17.2 Å². The summed E-state index contributed by atoms with van der Waals surface area (Å²) in [4.78, 5) is 12.1. The lowest BCUT2D eigenvalue weighted by molar-refractivity contribution is -0.113. The summed E-state index contributed by atoms with van der Waals surface area (Å²) in [6.07, 6.45) is 0. The van der Waals surface area contributed by atoms with Crippen LogP contribution in [0.2, 0.25) is 0 Å². The molecule has 6 heteroatoms. The normalized spacial score (nSPS) is 10.3. The molecule has 1 amide bonds. The Kier molecular flexibility index (Phi) is 7.66. The van der Waals surface area contributed by atoms with Crippen LogP contribution in [0.4, 0.5) is 5.69 Å². The van der Waals surface area contributed by atoms with Gasteiger partial charge < -0.3 is 19.5 Å². The molecule has 2 aromatic rings. The molecule has 0 saturated carbocycles. The number of carbonyl (C=O) groups excluding carboxylic acids is 1. The molecule has 0 aromatic heterocycles. The molecule has 2 rings (SSSR count). The van der Waals surface area contributed by atoms with Crippen molar-refractivity contribution in [2.24, 2.45) is 0 Å². The molecule has 0 bridgehead atoms. The van der Waals surface area contributed by atoms with Gasteiger partial charge in [-0.1, -0.05) is 6.07 Å². The molecule has 2 aromatic carbocycles. The number of thioether (sulfide) groups is 1. The third-order valence-corrected chi connectivity index (χ3v) is 4.53. The minimum Gasteiger partial charge on any atom is -0.497 e. The molecule has 0 atom stereocenters. The highest BCUT2D eigenvalue weighted by Crippen LogP contribution is 2.29. The highest BCUT2D eigenvalue weighted by atomic mass is 32.2. The summed E-state index contributed by atoms with van der Waals surface area (Å²) >= 11 is 1.53. The molecule has 1 N–H and O–H groups in total. The number of ether oxygens (including phenoxy) is 3. The van der Waals surface area contributed by atoms with E-state index in [4.69, 9.17) is 14.2 Å². The molecule has 0 heterocycles. The molecule has 0 radical (unpaired) electrons. The van der Waals surface area contributed by atoms with E-state index in [1.54, 1.807) is 32.4 Å². The quantitative estimate of drug-likeness (QED) is 0.670. The molecular weight excluding hydrogens is 350 g/mol. The summed E-state index contributed by atoms with van der Waals surface area (Å²) in [7, 11) is 3.15. The molecule has 5 nitrogen and oxygen atoms in total. The van der Waals surface area contributed by atoms with Gasteiger partial charge in [0.05, 0.1) is 32.3 Å². The first-order chi connectivity index (χ1) is 12.5. The summed E-state index contributed by atoms with van der Waals surface area (Å²) in [5.41, 5.74) is 2.99. The van der Waals surface area contributed by atoms with Crippen LogP contribution in [0.15, 0.2) is 36.4 Å². The predicted octanol–water partition coefficient (Wildman–Crippen LogP) is 4.07. The van der Waals surface area contributed by atoms with Crippen molar-refractivity contribution >= 4 is 23.4 Å². The molecule has 0 aliphatic rings. The largest absolute Gasteiger partial charge is 0.497 e. The molecule has 0 aliphatic carbocycles. The average molecular weight is 375 g/mol. The minimum atomic E-state index is -0.0788. The molecule has 0 unspecified atom stereocenters. The maximum absolute atomic E-state index is 12.1. The van der Waals surface area contributed by atoms with Crippen LogP contribution in [0.25, 0.3) is 0 Å². The number of carbonyl (C=O) groups is 1. The van der Waals surface area contributed by atoms with Gasteiger partial charge in [0.2, 0.25) is 5.91 Å². The third kappa shape index (κ3) is 6.19. The third-order valence-electron chi connectivity index (χ3n) is 3.61. The number of benzene rings is 2. The number of hydrogen-bond acceptors (Lipinski definition) is 5. The van der Waals surface area contributed by atoms with Gasteiger partial charge in [0.15, 0.2) is 0 Å². The molecule has 0 saturated heterocycles. The topological polar surface area (TPSA) is 56.8 Å². The van der Waals surface area contributed by atoms with Crippen LogP contribution in [0.5, 0.6) is 17.2 Å². The van der Waals surface area contributed by atoms with Gasteiger partial charge in [0.1, 0.15) is 17.2 Å². The number of rotatable bonds is 9. The first kappa shape index (κ1) is 20.0. The van der Waals surface area contributed by atoms with E-state index in [-0.39, 0.29) is 5.91 Å². The molecular formula is C20H25NO4S. The number of methoxy groups -OCH3 is 2. The van der Waals surface area contributed by atoms with E-state index in [1.807, 2.05) is 26.0 Å². The van der Waals surface area contributed by atoms with Crippen molar-refractivity contribution in [2.75, 3.05) is 37.6 Å². The van der Waals surface area contributed by atoms with Crippen LogP contribution in [0.3, 0.4) is 0 Å². The lowest BCUT2D eigenvalue weighted by Gasteiger charge is -2.11. The van der Waals surface area contributed by atoms with Gasteiger partial charge in [0, 0.05) is 11.8 Å². The SMILES string of the molecule is COc1ccc(NC(=O)CSCCOc2cc(C)cc(C)c2)c(OC)c1. The molecule has 0 spiro atoms. The monoisotopic (exact) mass is 375 g/mol. The summed E-state index contributed by atoms with van der Waals surface area (Å²) < 4.78 is 16.2. The van der Waals surface area contributed by atoms with Crippen molar-refractivity contribution in [3.63, 3.8) is 0 Å². The van der Waals surface area contributed by atoms with Crippen LogP contribution < -0.4 is 19.5 Å². The van der Waals surface area contributed by atoms with Gasteiger partial charge in [-0.2, -0.15) is 0 Å². The van der Waals surface area contributed by atoms with Gasteiger partial charge >= 0.3 is 0 Å². The summed E-state index contributed by atoms with van der Waals surface area (Å²) in [5.74, 6) is 3.13. The smallest absolute Gasteiger partial charge is 0.234 e. The zero-order chi connectivity index (χ0) is 18.9. The summed E-state index contributed by atoms with van der Waals surface area (Å²) in [6, 6.07) is 11.4. The Bertz CT molecular complexity index is 728. The number of hydrogen-bond donors (Lipinski definition) is 1. The van der Waals surface area contributed by atoms with Crippen molar-refractivity contribution < 1.29 is 19.0 Å². The maximum Gasteiger partial charge on any atom is 0.234 e. The van der Waals surface area contributed by atoms with E-state index in [2.05, 4.69) is 11.4 Å². The van der Waals surface area contributed by atoms with Crippen molar-refractivity contribution in [2.45, 2.75) is 13.8 Å². The second-order valence-corrected chi connectivity index (χ2v) is 6.94. The molecule has 0 aliphatic heterocycles. The first-order valence-corrected chi connectivity index (χ1v) is 9.48. The number of nitrogens with one attached hydrogen (secondary N) is 1. The van der Waals surface area contributed by atoms with E-state index >= 15 is 0 Å². The molecule has 0 fully saturated rings. The minimum absolute atomic E-state index is 0.0788. The van der Waals surface area contributed by atoms with E-state index in [0.717, 1.165) is 11.5 Å². The standard InChI is InChI=1S/C20H25NO4S/c1-14-9-15(2)11-17(10-14)25-7-8-26-13-20(22)21-18-6-5-16(23-3)12-19(18)24-4/h5-6,9-12H,7-8,13H2,1-4H3,(H,21,22). The zero-order valence-corrected chi connectivity index (χ0v) is 16.4. The van der Waals surface area contributed by atoms with Crippen LogP contribution in [-0.2, 0) is 4.79 Å². The Morgan fingerprint density at radius 1 is 1.00 bits per heavy atom.